The Morgan fingerprint density at radius 3 is 2.43 bits per heavy atom. The molecule has 1 aliphatic rings. The van der Waals surface area contributed by atoms with Crippen LogP contribution in [0, 0.1) is 20.8 Å². The van der Waals surface area contributed by atoms with E-state index < -0.39 is 0 Å². The number of carbonyl (C=O) groups is 2. The summed E-state index contributed by atoms with van der Waals surface area (Å²) in [7, 11) is 0. The highest BCUT2D eigenvalue weighted by atomic mass is 16.6. The molecule has 1 aromatic rings. The molecular formula is C23H31NO4. The van der Waals surface area contributed by atoms with E-state index in [1.54, 1.807) is 6.92 Å². The van der Waals surface area contributed by atoms with Gasteiger partial charge in [-0.15, -0.1) is 0 Å². The zero-order chi connectivity index (χ0) is 21.0. The zero-order valence-electron chi connectivity index (χ0n) is 17.8. The number of aliphatic hydroxyl groups is 1. The molecular weight excluding hydrogens is 354 g/mol. The SMILES string of the molecule is CCCC(=NOCC)C1=C(O)CC(c2c(C)cc(C)c(C(C)=O)c2C)CC1=O. The minimum absolute atomic E-state index is 0.0212. The summed E-state index contributed by atoms with van der Waals surface area (Å²) >= 11 is 0. The number of aryl methyl sites for hydroxylation is 2. The number of oxime groups is 1. The van der Waals surface area contributed by atoms with E-state index in [-0.39, 0.29) is 29.7 Å². The quantitative estimate of drug-likeness (QED) is 0.394. The van der Waals surface area contributed by atoms with Crippen molar-refractivity contribution >= 4 is 17.3 Å². The summed E-state index contributed by atoms with van der Waals surface area (Å²) in [5.41, 5.74) is 5.44. The topological polar surface area (TPSA) is 76.0 Å². The maximum atomic E-state index is 13.0. The Morgan fingerprint density at radius 2 is 1.89 bits per heavy atom. The third-order valence-electron chi connectivity index (χ3n) is 5.31. The lowest BCUT2D eigenvalue weighted by Gasteiger charge is -2.28. The average Bonchev–Trinajstić information content (AvgIpc) is 2.58. The second-order valence-corrected chi connectivity index (χ2v) is 7.54. The lowest BCUT2D eigenvalue weighted by Crippen LogP contribution is -2.25. The van der Waals surface area contributed by atoms with Crippen molar-refractivity contribution in [3.8, 4) is 0 Å². The van der Waals surface area contributed by atoms with E-state index in [4.69, 9.17) is 4.84 Å². The molecule has 0 fully saturated rings. The number of allylic oxidation sites excluding steroid dienone is 2. The Kier molecular flexibility index (Phi) is 7.17. The molecule has 5 heteroatoms. The van der Waals surface area contributed by atoms with Crippen LogP contribution in [-0.2, 0) is 9.63 Å². The largest absolute Gasteiger partial charge is 0.511 e. The maximum Gasteiger partial charge on any atom is 0.168 e. The van der Waals surface area contributed by atoms with Crippen LogP contribution in [0.1, 0.15) is 85.0 Å². The number of ketones is 2. The van der Waals surface area contributed by atoms with Gasteiger partial charge in [0.25, 0.3) is 0 Å². The molecule has 1 aliphatic carbocycles. The first kappa shape index (κ1) is 21.9. The van der Waals surface area contributed by atoms with Crippen LogP contribution in [0.15, 0.2) is 22.6 Å². The highest BCUT2D eigenvalue weighted by Crippen LogP contribution is 2.39. The van der Waals surface area contributed by atoms with Gasteiger partial charge < -0.3 is 9.94 Å². The summed E-state index contributed by atoms with van der Waals surface area (Å²) in [6, 6.07) is 2.00. The molecule has 2 rings (SSSR count). The molecule has 152 valence electrons. The van der Waals surface area contributed by atoms with Crippen LogP contribution in [0.4, 0.5) is 0 Å². The fourth-order valence-corrected chi connectivity index (χ4v) is 4.39. The molecule has 0 saturated heterocycles. The summed E-state index contributed by atoms with van der Waals surface area (Å²) in [5, 5.41) is 14.8. The Morgan fingerprint density at radius 1 is 1.21 bits per heavy atom. The molecule has 1 unspecified atom stereocenters. The molecule has 1 aromatic carbocycles. The van der Waals surface area contributed by atoms with Crippen molar-refractivity contribution in [3.05, 3.63) is 45.2 Å². The molecule has 5 nitrogen and oxygen atoms in total. The van der Waals surface area contributed by atoms with Crippen LogP contribution >= 0.6 is 0 Å². The van der Waals surface area contributed by atoms with E-state index >= 15 is 0 Å². The Balaban J connectivity index is 2.49. The van der Waals surface area contributed by atoms with Gasteiger partial charge in [-0.25, -0.2) is 0 Å². The highest BCUT2D eigenvalue weighted by molar-refractivity contribution is 6.23. The first-order valence-corrected chi connectivity index (χ1v) is 9.98. The van der Waals surface area contributed by atoms with Gasteiger partial charge in [0.2, 0.25) is 0 Å². The number of hydrogen-bond acceptors (Lipinski definition) is 5. The van der Waals surface area contributed by atoms with Gasteiger partial charge in [-0.05, 0) is 69.2 Å². The lowest BCUT2D eigenvalue weighted by molar-refractivity contribution is -0.116. The molecule has 0 bridgehead atoms. The summed E-state index contributed by atoms with van der Waals surface area (Å²) in [6.45, 7) is 11.7. The van der Waals surface area contributed by atoms with Crippen LogP contribution < -0.4 is 0 Å². The smallest absolute Gasteiger partial charge is 0.168 e. The third kappa shape index (κ3) is 4.34. The van der Waals surface area contributed by atoms with Gasteiger partial charge in [0, 0.05) is 18.4 Å². The molecule has 0 spiro atoms. The van der Waals surface area contributed by atoms with E-state index in [1.807, 2.05) is 40.7 Å². The molecule has 0 aliphatic heterocycles. The number of Topliss-reactive ketones (excluding diaryl/α,β-unsaturated/α-hetero) is 2. The second kappa shape index (κ2) is 9.18. The molecule has 0 heterocycles. The van der Waals surface area contributed by atoms with Crippen LogP contribution in [0.25, 0.3) is 0 Å². The summed E-state index contributed by atoms with van der Waals surface area (Å²) < 4.78 is 0. The number of carbonyl (C=O) groups excluding carboxylic acids is 2. The van der Waals surface area contributed by atoms with E-state index in [0.717, 1.165) is 28.7 Å². The Bertz CT molecular complexity index is 849. The first-order chi connectivity index (χ1) is 13.2. The zero-order valence-corrected chi connectivity index (χ0v) is 17.8. The Hall–Kier alpha value is -2.43. The molecule has 1 N–H and O–H groups in total. The summed E-state index contributed by atoms with van der Waals surface area (Å²) in [4.78, 5) is 30.2. The Labute approximate surface area is 167 Å². The van der Waals surface area contributed by atoms with E-state index in [1.165, 1.54) is 0 Å². The molecule has 0 amide bonds. The fraction of sp³-hybridized carbons (Fsp3) is 0.522. The van der Waals surface area contributed by atoms with Gasteiger partial charge in [-0.1, -0.05) is 24.6 Å². The molecule has 0 saturated carbocycles. The summed E-state index contributed by atoms with van der Waals surface area (Å²) in [6.07, 6.45) is 2.03. The number of benzene rings is 1. The van der Waals surface area contributed by atoms with Gasteiger partial charge in [0.05, 0.1) is 11.3 Å². The molecule has 0 aromatic heterocycles. The monoisotopic (exact) mass is 385 g/mol. The van der Waals surface area contributed by atoms with Gasteiger partial charge in [0.1, 0.15) is 12.4 Å². The lowest BCUT2D eigenvalue weighted by atomic mass is 9.76. The number of aliphatic hydroxyl groups excluding tert-OH is 1. The van der Waals surface area contributed by atoms with Gasteiger partial charge >= 0.3 is 0 Å². The third-order valence-corrected chi connectivity index (χ3v) is 5.31. The predicted octanol–water partition coefficient (Wildman–Crippen LogP) is 5.27. The van der Waals surface area contributed by atoms with Crippen LogP contribution in [0.2, 0.25) is 0 Å². The van der Waals surface area contributed by atoms with Crippen molar-refractivity contribution < 1.29 is 19.5 Å². The predicted molar refractivity (Wildman–Crippen MR) is 111 cm³/mol. The molecule has 1 atom stereocenters. The highest BCUT2D eigenvalue weighted by Gasteiger charge is 2.33. The van der Waals surface area contributed by atoms with Crippen molar-refractivity contribution in [2.45, 2.75) is 73.1 Å². The van der Waals surface area contributed by atoms with Crippen LogP contribution in [0.5, 0.6) is 0 Å². The van der Waals surface area contributed by atoms with Crippen LogP contribution in [-0.4, -0.2) is 29.0 Å². The average molecular weight is 386 g/mol. The standard InChI is InChI=1S/C23H31NO4/c1-7-9-18(24-28-8-2)23-19(26)11-17(12-20(23)27)22-14(4)10-13(3)21(15(22)5)16(6)25/h10,17,26H,7-9,11-12H2,1-6H3. The minimum Gasteiger partial charge on any atom is -0.511 e. The minimum atomic E-state index is -0.148. The van der Waals surface area contributed by atoms with Crippen molar-refractivity contribution in [1.82, 2.24) is 0 Å². The maximum absolute atomic E-state index is 13.0. The van der Waals surface area contributed by atoms with E-state index in [2.05, 4.69) is 5.16 Å². The van der Waals surface area contributed by atoms with Crippen molar-refractivity contribution in [1.29, 1.82) is 0 Å². The van der Waals surface area contributed by atoms with Crippen molar-refractivity contribution in [2.24, 2.45) is 5.16 Å². The summed E-state index contributed by atoms with van der Waals surface area (Å²) in [5.74, 6) is -0.181. The number of hydrogen-bond donors (Lipinski definition) is 1. The second-order valence-electron chi connectivity index (χ2n) is 7.54. The van der Waals surface area contributed by atoms with Crippen LogP contribution in [0.3, 0.4) is 0 Å². The van der Waals surface area contributed by atoms with Gasteiger partial charge in [-0.2, -0.15) is 0 Å². The van der Waals surface area contributed by atoms with E-state index in [9.17, 15) is 14.7 Å². The molecule has 0 radical (unpaired) electrons. The fourth-order valence-electron chi connectivity index (χ4n) is 4.39. The van der Waals surface area contributed by atoms with Gasteiger partial charge in [-0.3, -0.25) is 9.59 Å². The number of nitrogens with zero attached hydrogens (tertiary/aromatic N) is 1. The van der Waals surface area contributed by atoms with Gasteiger partial charge in [0.15, 0.2) is 11.6 Å². The first-order valence-electron chi connectivity index (χ1n) is 9.98. The molecule has 28 heavy (non-hydrogen) atoms. The number of rotatable bonds is 7. The van der Waals surface area contributed by atoms with E-state index in [0.29, 0.717) is 36.3 Å². The van der Waals surface area contributed by atoms with Crippen molar-refractivity contribution in [2.75, 3.05) is 6.61 Å². The van der Waals surface area contributed by atoms with Crippen molar-refractivity contribution in [3.63, 3.8) is 0 Å². The normalized spacial score (nSPS) is 17.9.